The number of hydrogen-bond acceptors (Lipinski definition) is 4. The van der Waals surface area contributed by atoms with Crippen molar-refractivity contribution in [3.8, 4) is 5.75 Å². The first-order chi connectivity index (χ1) is 12.0. The molecule has 2 aromatic rings. The predicted octanol–water partition coefficient (Wildman–Crippen LogP) is 3.80. The van der Waals surface area contributed by atoms with Crippen LogP contribution in [0.2, 0.25) is 0 Å². The Morgan fingerprint density at radius 2 is 1.88 bits per heavy atom. The first-order valence-corrected chi connectivity index (χ1v) is 8.00. The van der Waals surface area contributed by atoms with Crippen LogP contribution in [-0.4, -0.2) is 24.6 Å². The summed E-state index contributed by atoms with van der Waals surface area (Å²) in [5.74, 6) is -0.964. The molecule has 0 saturated heterocycles. The van der Waals surface area contributed by atoms with E-state index in [1.165, 1.54) is 25.1 Å². The fourth-order valence-electron chi connectivity index (χ4n) is 2.00. The minimum atomic E-state index is -1.02. The van der Waals surface area contributed by atoms with Gasteiger partial charge in [0.2, 0.25) is 0 Å². The Balaban J connectivity index is 1.91. The van der Waals surface area contributed by atoms with E-state index in [0.29, 0.717) is 23.6 Å². The highest BCUT2D eigenvalue weighted by Gasteiger charge is 2.19. The van der Waals surface area contributed by atoms with Gasteiger partial charge in [-0.25, -0.2) is 9.18 Å². The molecule has 0 aliphatic heterocycles. The van der Waals surface area contributed by atoms with Crippen molar-refractivity contribution >= 4 is 17.6 Å². The monoisotopic (exact) mass is 345 g/mol. The van der Waals surface area contributed by atoms with Gasteiger partial charge in [-0.1, -0.05) is 13.0 Å². The number of benzene rings is 2. The normalized spacial score (nSPS) is 11.5. The summed E-state index contributed by atoms with van der Waals surface area (Å²) in [5, 5.41) is 2.50. The fraction of sp³-hybridized carbons (Fsp3) is 0.263. The topological polar surface area (TPSA) is 64.6 Å². The van der Waals surface area contributed by atoms with Crippen LogP contribution in [0.5, 0.6) is 5.75 Å². The Hall–Kier alpha value is -2.89. The zero-order valence-corrected chi connectivity index (χ0v) is 14.1. The molecule has 1 N–H and O–H groups in total. The van der Waals surface area contributed by atoms with Gasteiger partial charge < -0.3 is 14.8 Å². The van der Waals surface area contributed by atoms with Gasteiger partial charge in [0, 0.05) is 5.69 Å². The smallest absolute Gasteiger partial charge is 0.338 e. The minimum Gasteiger partial charge on any atom is -0.494 e. The Labute approximate surface area is 145 Å². The van der Waals surface area contributed by atoms with Crippen molar-refractivity contribution in [2.75, 3.05) is 11.9 Å². The number of carbonyl (C=O) groups is 2. The summed E-state index contributed by atoms with van der Waals surface area (Å²) in [7, 11) is 0. The molecule has 0 aliphatic carbocycles. The molecular weight excluding hydrogens is 325 g/mol. The van der Waals surface area contributed by atoms with Crippen LogP contribution in [0.25, 0.3) is 0 Å². The van der Waals surface area contributed by atoms with Gasteiger partial charge in [-0.15, -0.1) is 0 Å². The summed E-state index contributed by atoms with van der Waals surface area (Å²) < 4.78 is 23.7. The Bertz CT molecular complexity index is 730. The fourth-order valence-corrected chi connectivity index (χ4v) is 2.00. The summed E-state index contributed by atoms with van der Waals surface area (Å²) in [4.78, 5) is 24.1. The number of hydrogen-bond donors (Lipinski definition) is 1. The quantitative estimate of drug-likeness (QED) is 0.775. The van der Waals surface area contributed by atoms with E-state index in [4.69, 9.17) is 9.47 Å². The molecule has 25 heavy (non-hydrogen) atoms. The number of carbonyl (C=O) groups excluding carboxylic acids is 2. The molecule has 0 heterocycles. The molecule has 132 valence electrons. The maximum absolute atomic E-state index is 13.1. The molecule has 0 spiro atoms. The number of halogens is 1. The average Bonchev–Trinajstić information content (AvgIpc) is 2.60. The molecule has 0 saturated carbocycles. The van der Waals surface area contributed by atoms with Crippen molar-refractivity contribution in [2.24, 2.45) is 0 Å². The van der Waals surface area contributed by atoms with E-state index in [1.54, 1.807) is 30.3 Å². The lowest BCUT2D eigenvalue weighted by Gasteiger charge is -2.14. The van der Waals surface area contributed by atoms with Gasteiger partial charge in [0.25, 0.3) is 5.91 Å². The van der Waals surface area contributed by atoms with Crippen LogP contribution < -0.4 is 10.1 Å². The number of rotatable bonds is 7. The standard InChI is InChI=1S/C19H20FNO4/c1-3-11-24-17-9-7-14(8-10-17)19(23)25-13(2)18(22)21-16-6-4-5-15(20)12-16/h4-10,12-13H,3,11H2,1-2H3,(H,21,22)/t13-/m1/s1. The van der Waals surface area contributed by atoms with E-state index in [0.717, 1.165) is 6.42 Å². The first kappa shape index (κ1) is 18.4. The lowest BCUT2D eigenvalue weighted by molar-refractivity contribution is -0.123. The molecule has 1 amide bonds. The van der Waals surface area contributed by atoms with Crippen molar-refractivity contribution in [1.29, 1.82) is 0 Å². The number of anilines is 1. The van der Waals surface area contributed by atoms with Gasteiger partial charge in [-0.2, -0.15) is 0 Å². The molecule has 0 aliphatic rings. The first-order valence-electron chi connectivity index (χ1n) is 8.00. The largest absolute Gasteiger partial charge is 0.494 e. The summed E-state index contributed by atoms with van der Waals surface area (Å²) in [6, 6.07) is 12.0. The summed E-state index contributed by atoms with van der Waals surface area (Å²) >= 11 is 0. The van der Waals surface area contributed by atoms with Crippen molar-refractivity contribution in [1.82, 2.24) is 0 Å². The van der Waals surface area contributed by atoms with Gasteiger partial charge in [-0.05, 0) is 55.8 Å². The van der Waals surface area contributed by atoms with Crippen LogP contribution >= 0.6 is 0 Å². The molecule has 0 fully saturated rings. The Kier molecular flexibility index (Phi) is 6.51. The van der Waals surface area contributed by atoms with Crippen LogP contribution in [-0.2, 0) is 9.53 Å². The average molecular weight is 345 g/mol. The highest BCUT2D eigenvalue weighted by atomic mass is 19.1. The zero-order chi connectivity index (χ0) is 18.2. The van der Waals surface area contributed by atoms with Crippen molar-refractivity contribution in [3.05, 3.63) is 59.9 Å². The van der Waals surface area contributed by atoms with Gasteiger partial charge in [0.05, 0.1) is 12.2 Å². The SMILES string of the molecule is CCCOc1ccc(C(=O)O[C@H](C)C(=O)Nc2cccc(F)c2)cc1. The second-order valence-electron chi connectivity index (χ2n) is 5.42. The lowest BCUT2D eigenvalue weighted by atomic mass is 10.2. The summed E-state index contributed by atoms with van der Waals surface area (Å²) in [6.45, 7) is 4.05. The third kappa shape index (κ3) is 5.60. The number of nitrogens with one attached hydrogen (secondary N) is 1. The van der Waals surface area contributed by atoms with Gasteiger partial charge in [0.1, 0.15) is 11.6 Å². The van der Waals surface area contributed by atoms with Crippen LogP contribution in [0.3, 0.4) is 0 Å². The summed E-state index contributed by atoms with van der Waals surface area (Å²) in [5.41, 5.74) is 0.611. The van der Waals surface area contributed by atoms with Crippen LogP contribution in [0.4, 0.5) is 10.1 Å². The summed E-state index contributed by atoms with van der Waals surface area (Å²) in [6.07, 6.45) is -0.131. The van der Waals surface area contributed by atoms with E-state index in [2.05, 4.69) is 5.32 Å². The number of amides is 1. The predicted molar refractivity (Wildman–Crippen MR) is 92.1 cm³/mol. The molecule has 0 bridgehead atoms. The third-order valence-electron chi connectivity index (χ3n) is 3.31. The highest BCUT2D eigenvalue weighted by Crippen LogP contribution is 2.15. The van der Waals surface area contributed by atoms with E-state index in [9.17, 15) is 14.0 Å². The second-order valence-corrected chi connectivity index (χ2v) is 5.42. The number of esters is 1. The van der Waals surface area contributed by atoms with Gasteiger partial charge in [0.15, 0.2) is 6.10 Å². The Morgan fingerprint density at radius 3 is 2.52 bits per heavy atom. The van der Waals surface area contributed by atoms with Crippen LogP contribution in [0.15, 0.2) is 48.5 Å². The molecule has 0 aromatic heterocycles. The Morgan fingerprint density at radius 1 is 1.16 bits per heavy atom. The van der Waals surface area contributed by atoms with Gasteiger partial charge >= 0.3 is 5.97 Å². The van der Waals surface area contributed by atoms with Crippen molar-refractivity contribution < 1.29 is 23.5 Å². The highest BCUT2D eigenvalue weighted by molar-refractivity contribution is 5.97. The maximum atomic E-state index is 13.1. The molecule has 2 rings (SSSR count). The minimum absolute atomic E-state index is 0.297. The number of ether oxygens (including phenoxy) is 2. The van der Waals surface area contributed by atoms with Crippen LogP contribution in [0.1, 0.15) is 30.6 Å². The van der Waals surface area contributed by atoms with Gasteiger partial charge in [-0.3, -0.25) is 4.79 Å². The molecular formula is C19H20FNO4. The lowest BCUT2D eigenvalue weighted by Crippen LogP contribution is -2.30. The van der Waals surface area contributed by atoms with Crippen molar-refractivity contribution in [3.63, 3.8) is 0 Å². The van der Waals surface area contributed by atoms with E-state index < -0.39 is 23.8 Å². The molecule has 5 nitrogen and oxygen atoms in total. The van der Waals surface area contributed by atoms with Crippen LogP contribution in [0, 0.1) is 5.82 Å². The molecule has 6 heteroatoms. The van der Waals surface area contributed by atoms with E-state index in [-0.39, 0.29) is 0 Å². The van der Waals surface area contributed by atoms with E-state index >= 15 is 0 Å². The molecule has 1 atom stereocenters. The second kappa shape index (κ2) is 8.82. The van der Waals surface area contributed by atoms with E-state index in [1.807, 2.05) is 6.92 Å². The van der Waals surface area contributed by atoms with Crippen molar-refractivity contribution in [2.45, 2.75) is 26.4 Å². The zero-order valence-electron chi connectivity index (χ0n) is 14.1. The molecule has 0 radical (unpaired) electrons. The molecule has 0 unspecified atom stereocenters. The molecule has 2 aromatic carbocycles. The third-order valence-corrected chi connectivity index (χ3v) is 3.31. The maximum Gasteiger partial charge on any atom is 0.338 e.